The van der Waals surface area contributed by atoms with E-state index in [1.54, 1.807) is 25.3 Å². The Balaban J connectivity index is 2.79. The van der Waals surface area contributed by atoms with Crippen LogP contribution in [0.4, 0.5) is 0 Å². The number of rotatable bonds is 6. The molecule has 0 N–H and O–H groups in total. The van der Waals surface area contributed by atoms with Gasteiger partial charge in [0.1, 0.15) is 5.75 Å². The van der Waals surface area contributed by atoms with E-state index in [1.165, 1.54) is 0 Å². The fraction of sp³-hybridized carbons (Fsp3) is 0.500. The molecular weight excluding hydrogens is 328 g/mol. The van der Waals surface area contributed by atoms with Crippen molar-refractivity contribution in [2.24, 2.45) is 5.92 Å². The van der Waals surface area contributed by atoms with Gasteiger partial charge in [0.25, 0.3) is 0 Å². The van der Waals surface area contributed by atoms with E-state index in [9.17, 15) is 9.00 Å². The summed E-state index contributed by atoms with van der Waals surface area (Å²) in [6, 6.07) is 5.13. The predicted octanol–water partition coefficient (Wildman–Crippen LogP) is 3.43. The van der Waals surface area contributed by atoms with Crippen molar-refractivity contribution in [2.45, 2.75) is 26.0 Å². The second-order valence-electron chi connectivity index (χ2n) is 4.75. The van der Waals surface area contributed by atoms with Gasteiger partial charge in [-0.25, -0.2) is 0 Å². The molecule has 106 valence electrons. The average molecular weight is 347 g/mol. The number of carbonyl (C=O) groups excluding carboxylic acids is 1. The Hall–Kier alpha value is -0.680. The lowest BCUT2D eigenvalue weighted by atomic mass is 10.1. The van der Waals surface area contributed by atoms with Crippen LogP contribution in [0.15, 0.2) is 22.7 Å². The lowest BCUT2D eigenvalue weighted by Gasteiger charge is -2.14. The highest BCUT2D eigenvalue weighted by molar-refractivity contribution is 9.10. The Labute approximate surface area is 125 Å². The zero-order valence-electron chi connectivity index (χ0n) is 11.6. The van der Waals surface area contributed by atoms with Crippen LogP contribution < -0.4 is 4.74 Å². The van der Waals surface area contributed by atoms with Crippen LogP contribution in [-0.4, -0.2) is 28.1 Å². The summed E-state index contributed by atoms with van der Waals surface area (Å²) >= 11 is 3.34. The molecule has 0 aromatic heterocycles. The Kier molecular flexibility index (Phi) is 6.20. The summed E-state index contributed by atoms with van der Waals surface area (Å²) in [7, 11) is 0.435. The van der Waals surface area contributed by atoms with Gasteiger partial charge >= 0.3 is 0 Å². The summed E-state index contributed by atoms with van der Waals surface area (Å²) in [6.45, 7) is 5.94. The lowest BCUT2D eigenvalue weighted by Crippen LogP contribution is -2.24. The minimum atomic E-state index is -1.14. The maximum Gasteiger partial charge on any atom is 0.175 e. The summed E-state index contributed by atoms with van der Waals surface area (Å²) in [5.41, 5.74) is 0.553. The van der Waals surface area contributed by atoms with E-state index in [0.29, 0.717) is 17.2 Å². The molecule has 3 nitrogen and oxygen atoms in total. The second kappa shape index (κ2) is 7.20. The van der Waals surface area contributed by atoms with Gasteiger partial charge in [0.15, 0.2) is 5.78 Å². The third kappa shape index (κ3) is 4.42. The average Bonchev–Trinajstić information content (AvgIpc) is 2.37. The highest BCUT2D eigenvalue weighted by atomic mass is 79.9. The highest BCUT2D eigenvalue weighted by Crippen LogP contribution is 2.25. The molecule has 2 atom stereocenters. The first-order valence-corrected chi connectivity index (χ1v) is 8.28. The standard InChI is InChI=1S/C14H19BrO3S/c1-9(2)10(3)19(17)8-13(16)11-5-6-14(18-4)12(15)7-11/h5-7,9-10H,8H2,1-4H3. The summed E-state index contributed by atoms with van der Waals surface area (Å²) < 4.78 is 17.9. The van der Waals surface area contributed by atoms with Gasteiger partial charge in [0.05, 0.1) is 17.3 Å². The van der Waals surface area contributed by atoms with E-state index in [4.69, 9.17) is 4.74 Å². The number of ketones is 1. The van der Waals surface area contributed by atoms with Crippen LogP contribution in [0.2, 0.25) is 0 Å². The molecular formula is C14H19BrO3S. The van der Waals surface area contributed by atoms with Gasteiger partial charge in [-0.3, -0.25) is 9.00 Å². The molecule has 5 heteroatoms. The molecule has 0 heterocycles. The molecule has 0 amide bonds. The molecule has 0 radical (unpaired) electrons. The molecule has 0 spiro atoms. The predicted molar refractivity (Wildman–Crippen MR) is 82.3 cm³/mol. The van der Waals surface area contributed by atoms with Crippen molar-refractivity contribution in [3.8, 4) is 5.75 Å². The highest BCUT2D eigenvalue weighted by Gasteiger charge is 2.19. The fourth-order valence-corrected chi connectivity index (χ4v) is 3.32. The minimum absolute atomic E-state index is 0.0191. The Morgan fingerprint density at radius 3 is 2.47 bits per heavy atom. The molecule has 1 rings (SSSR count). The van der Waals surface area contributed by atoms with Gasteiger partial charge in [0, 0.05) is 21.6 Å². The van der Waals surface area contributed by atoms with Crippen LogP contribution in [0, 0.1) is 5.92 Å². The van der Waals surface area contributed by atoms with Crippen molar-refractivity contribution in [3.05, 3.63) is 28.2 Å². The Morgan fingerprint density at radius 2 is 2.00 bits per heavy atom. The molecule has 0 aliphatic carbocycles. The molecule has 0 bridgehead atoms. The topological polar surface area (TPSA) is 43.4 Å². The van der Waals surface area contributed by atoms with Crippen LogP contribution in [0.25, 0.3) is 0 Å². The van der Waals surface area contributed by atoms with Crippen LogP contribution in [-0.2, 0) is 10.8 Å². The minimum Gasteiger partial charge on any atom is -0.496 e. The molecule has 1 aromatic rings. The summed E-state index contributed by atoms with van der Waals surface area (Å²) in [5, 5.41) is 0.0191. The number of methoxy groups -OCH3 is 1. The maximum atomic E-state index is 12.1. The first-order valence-electron chi connectivity index (χ1n) is 6.10. The van der Waals surface area contributed by atoms with Crippen LogP contribution in [0.5, 0.6) is 5.75 Å². The van der Waals surface area contributed by atoms with Crippen molar-refractivity contribution in [2.75, 3.05) is 12.9 Å². The monoisotopic (exact) mass is 346 g/mol. The Morgan fingerprint density at radius 1 is 1.37 bits per heavy atom. The lowest BCUT2D eigenvalue weighted by molar-refractivity contribution is 0.102. The third-order valence-electron chi connectivity index (χ3n) is 3.10. The van der Waals surface area contributed by atoms with Crippen LogP contribution in [0.3, 0.4) is 0 Å². The van der Waals surface area contributed by atoms with Gasteiger partial charge in [-0.2, -0.15) is 0 Å². The molecule has 0 fully saturated rings. The van der Waals surface area contributed by atoms with Gasteiger partial charge < -0.3 is 4.74 Å². The normalized spacial score (nSPS) is 14.2. The quantitative estimate of drug-likeness (QED) is 0.741. The molecule has 1 aromatic carbocycles. The number of benzene rings is 1. The fourth-order valence-electron chi connectivity index (χ4n) is 1.49. The van der Waals surface area contributed by atoms with Crippen molar-refractivity contribution in [1.29, 1.82) is 0 Å². The smallest absolute Gasteiger partial charge is 0.175 e. The first-order chi connectivity index (χ1) is 8.86. The summed E-state index contributed by atoms with van der Waals surface area (Å²) in [5.74, 6) is 0.941. The number of hydrogen-bond acceptors (Lipinski definition) is 3. The van der Waals surface area contributed by atoms with Gasteiger partial charge in [0.2, 0.25) is 0 Å². The first kappa shape index (κ1) is 16.4. The number of halogens is 1. The molecule has 0 saturated carbocycles. The largest absolute Gasteiger partial charge is 0.496 e. The van der Waals surface area contributed by atoms with Crippen molar-refractivity contribution >= 4 is 32.5 Å². The van der Waals surface area contributed by atoms with E-state index < -0.39 is 10.8 Å². The van der Waals surface area contributed by atoms with Crippen molar-refractivity contribution in [3.63, 3.8) is 0 Å². The van der Waals surface area contributed by atoms with Crippen LogP contribution in [0.1, 0.15) is 31.1 Å². The zero-order chi connectivity index (χ0) is 14.6. The number of Topliss-reactive ketones (excluding diaryl/α,β-unsaturated/α-hetero) is 1. The van der Waals surface area contributed by atoms with Gasteiger partial charge in [-0.05, 0) is 40.0 Å². The number of ether oxygens (including phenoxy) is 1. The molecule has 0 saturated heterocycles. The maximum absolute atomic E-state index is 12.1. The summed E-state index contributed by atoms with van der Waals surface area (Å²) in [4.78, 5) is 12.1. The van der Waals surface area contributed by atoms with E-state index in [2.05, 4.69) is 15.9 Å². The summed E-state index contributed by atoms with van der Waals surface area (Å²) in [6.07, 6.45) is 0. The third-order valence-corrected chi connectivity index (χ3v) is 5.64. The Bertz CT molecular complexity index is 486. The van der Waals surface area contributed by atoms with E-state index in [1.807, 2.05) is 20.8 Å². The van der Waals surface area contributed by atoms with Gasteiger partial charge in [-0.15, -0.1) is 0 Å². The second-order valence-corrected chi connectivity index (χ2v) is 7.39. The van der Waals surface area contributed by atoms with E-state index in [0.717, 1.165) is 4.47 Å². The van der Waals surface area contributed by atoms with Crippen LogP contribution >= 0.6 is 15.9 Å². The van der Waals surface area contributed by atoms with E-state index in [-0.39, 0.29) is 16.8 Å². The number of carbonyl (C=O) groups is 1. The van der Waals surface area contributed by atoms with Crippen molar-refractivity contribution < 1.29 is 13.7 Å². The zero-order valence-corrected chi connectivity index (χ0v) is 14.0. The molecule has 2 unspecified atom stereocenters. The number of hydrogen-bond donors (Lipinski definition) is 0. The van der Waals surface area contributed by atoms with Crippen molar-refractivity contribution in [1.82, 2.24) is 0 Å². The van der Waals surface area contributed by atoms with E-state index >= 15 is 0 Å². The molecule has 0 aliphatic rings. The van der Waals surface area contributed by atoms with Gasteiger partial charge in [-0.1, -0.05) is 20.8 Å². The SMILES string of the molecule is COc1ccc(C(=O)CS(=O)C(C)C(C)C)cc1Br. The molecule has 19 heavy (non-hydrogen) atoms. The molecule has 0 aliphatic heterocycles.